The number of benzene rings is 1. The van der Waals surface area contributed by atoms with Gasteiger partial charge in [0.05, 0.1) is 11.7 Å². The second kappa shape index (κ2) is 7.42. The maximum atomic E-state index is 10.2. The molecule has 1 saturated heterocycles. The van der Waals surface area contributed by atoms with E-state index in [1.165, 1.54) is 5.56 Å². The molecular weight excluding hydrogens is 300 g/mol. The van der Waals surface area contributed by atoms with Crippen LogP contribution >= 0.6 is 0 Å². The number of aliphatic hydroxyl groups is 1. The zero-order valence-corrected chi connectivity index (χ0v) is 15.3. The van der Waals surface area contributed by atoms with Crippen molar-refractivity contribution < 1.29 is 9.84 Å². The largest absolute Gasteiger partial charge is 0.491 e. The van der Waals surface area contributed by atoms with Gasteiger partial charge >= 0.3 is 0 Å². The van der Waals surface area contributed by atoms with E-state index in [0.717, 1.165) is 51.1 Å². The molecule has 2 aliphatic rings. The third-order valence-corrected chi connectivity index (χ3v) is 5.41. The average Bonchev–Trinajstić information content (AvgIpc) is 2.55. The number of hydrogen-bond donors (Lipinski definition) is 2. The van der Waals surface area contributed by atoms with Crippen LogP contribution in [-0.4, -0.2) is 47.4 Å². The van der Waals surface area contributed by atoms with E-state index < -0.39 is 5.60 Å². The first-order chi connectivity index (χ1) is 11.4. The van der Waals surface area contributed by atoms with Crippen LogP contribution in [0.1, 0.15) is 58.1 Å². The standard InChI is InChI=1S/C20H32N2O2/c1-15(2)24-19-7-5-4-6-17(19)18-14-22(13-12-21-18)16-8-10-20(3,23)11-9-16/h4-7,15-16,18,21,23H,8-14H2,1-3H3/t16?,18-,20?/m0/s1. The summed E-state index contributed by atoms with van der Waals surface area (Å²) in [6, 6.07) is 9.33. The number of para-hydroxylation sites is 1. The van der Waals surface area contributed by atoms with Gasteiger partial charge in [-0.2, -0.15) is 0 Å². The molecule has 2 N–H and O–H groups in total. The molecule has 0 bridgehead atoms. The van der Waals surface area contributed by atoms with Crippen molar-refractivity contribution >= 4 is 0 Å². The SMILES string of the molecule is CC(C)Oc1ccccc1[C@@H]1CN(C2CCC(C)(O)CC2)CCN1. The summed E-state index contributed by atoms with van der Waals surface area (Å²) in [6.07, 6.45) is 4.22. The summed E-state index contributed by atoms with van der Waals surface area (Å²) in [6.45, 7) is 9.25. The Morgan fingerprint density at radius 2 is 1.96 bits per heavy atom. The van der Waals surface area contributed by atoms with Gasteiger partial charge in [0.2, 0.25) is 0 Å². The Morgan fingerprint density at radius 3 is 2.67 bits per heavy atom. The summed E-state index contributed by atoms with van der Waals surface area (Å²) < 4.78 is 6.01. The van der Waals surface area contributed by atoms with Gasteiger partial charge in [0, 0.05) is 37.3 Å². The van der Waals surface area contributed by atoms with E-state index in [4.69, 9.17) is 4.74 Å². The molecular formula is C20H32N2O2. The number of rotatable bonds is 4. The molecule has 2 fully saturated rings. The van der Waals surface area contributed by atoms with Crippen molar-refractivity contribution in [2.75, 3.05) is 19.6 Å². The van der Waals surface area contributed by atoms with Crippen LogP contribution in [0.15, 0.2) is 24.3 Å². The van der Waals surface area contributed by atoms with Gasteiger partial charge in [-0.25, -0.2) is 0 Å². The summed E-state index contributed by atoms with van der Waals surface area (Å²) in [5.41, 5.74) is 0.806. The molecule has 1 aliphatic heterocycles. The quantitative estimate of drug-likeness (QED) is 0.889. The lowest BCUT2D eigenvalue weighted by molar-refractivity contribution is -0.00999. The predicted octanol–water partition coefficient (Wildman–Crippen LogP) is 3.11. The molecule has 0 aromatic heterocycles. The van der Waals surface area contributed by atoms with E-state index in [1.807, 2.05) is 13.0 Å². The van der Waals surface area contributed by atoms with Crippen LogP contribution in [0.4, 0.5) is 0 Å². The summed E-state index contributed by atoms with van der Waals surface area (Å²) in [4.78, 5) is 2.61. The minimum Gasteiger partial charge on any atom is -0.491 e. The van der Waals surface area contributed by atoms with E-state index >= 15 is 0 Å². The highest BCUT2D eigenvalue weighted by Gasteiger charge is 2.34. The van der Waals surface area contributed by atoms with Crippen molar-refractivity contribution in [1.82, 2.24) is 10.2 Å². The van der Waals surface area contributed by atoms with Crippen LogP contribution in [0.5, 0.6) is 5.75 Å². The molecule has 1 aliphatic carbocycles. The first kappa shape index (κ1) is 17.7. The molecule has 3 rings (SSSR count). The van der Waals surface area contributed by atoms with Gasteiger partial charge in [0.25, 0.3) is 0 Å². The van der Waals surface area contributed by atoms with E-state index in [1.54, 1.807) is 0 Å². The van der Waals surface area contributed by atoms with Crippen LogP contribution in [0.3, 0.4) is 0 Å². The van der Waals surface area contributed by atoms with Crippen molar-refractivity contribution in [2.45, 2.75) is 70.2 Å². The smallest absolute Gasteiger partial charge is 0.124 e. The Hall–Kier alpha value is -1.10. The molecule has 1 saturated carbocycles. The summed E-state index contributed by atoms with van der Waals surface area (Å²) in [5.74, 6) is 0.999. The Balaban J connectivity index is 1.68. The first-order valence-corrected chi connectivity index (χ1v) is 9.40. The van der Waals surface area contributed by atoms with Crippen molar-refractivity contribution in [3.05, 3.63) is 29.8 Å². The maximum Gasteiger partial charge on any atom is 0.124 e. The number of ether oxygens (including phenoxy) is 1. The van der Waals surface area contributed by atoms with Crippen molar-refractivity contribution in [1.29, 1.82) is 0 Å². The second-order valence-electron chi connectivity index (χ2n) is 7.93. The minimum atomic E-state index is -0.457. The molecule has 1 aromatic carbocycles. The maximum absolute atomic E-state index is 10.2. The number of piperazine rings is 1. The zero-order chi connectivity index (χ0) is 17.2. The highest BCUT2D eigenvalue weighted by molar-refractivity contribution is 5.36. The number of nitrogens with zero attached hydrogens (tertiary/aromatic N) is 1. The molecule has 0 radical (unpaired) electrons. The Bertz CT molecular complexity index is 534. The van der Waals surface area contributed by atoms with Gasteiger partial charge in [0.1, 0.15) is 5.75 Å². The molecule has 1 heterocycles. The predicted molar refractivity (Wildman–Crippen MR) is 97.4 cm³/mol. The van der Waals surface area contributed by atoms with Gasteiger partial charge in [-0.05, 0) is 52.5 Å². The lowest BCUT2D eigenvalue weighted by Crippen LogP contribution is -2.52. The lowest BCUT2D eigenvalue weighted by atomic mass is 9.82. The van der Waals surface area contributed by atoms with Gasteiger partial charge < -0.3 is 15.2 Å². The summed E-state index contributed by atoms with van der Waals surface area (Å²) >= 11 is 0. The molecule has 4 heteroatoms. The third kappa shape index (κ3) is 4.29. The van der Waals surface area contributed by atoms with Crippen LogP contribution in [0, 0.1) is 0 Å². The van der Waals surface area contributed by atoms with Crippen molar-refractivity contribution in [2.24, 2.45) is 0 Å². The Kier molecular flexibility index (Phi) is 5.48. The van der Waals surface area contributed by atoms with Gasteiger partial charge in [-0.1, -0.05) is 18.2 Å². The van der Waals surface area contributed by atoms with Crippen LogP contribution in [0.25, 0.3) is 0 Å². The Morgan fingerprint density at radius 1 is 1.25 bits per heavy atom. The molecule has 4 nitrogen and oxygen atoms in total. The Labute approximate surface area is 146 Å². The summed E-state index contributed by atoms with van der Waals surface area (Å²) in [7, 11) is 0. The van der Waals surface area contributed by atoms with Crippen LogP contribution in [-0.2, 0) is 0 Å². The number of nitrogens with one attached hydrogen (secondary N) is 1. The second-order valence-corrected chi connectivity index (χ2v) is 7.93. The van der Waals surface area contributed by atoms with E-state index in [2.05, 4.69) is 42.3 Å². The fraction of sp³-hybridized carbons (Fsp3) is 0.700. The van der Waals surface area contributed by atoms with E-state index in [9.17, 15) is 5.11 Å². The fourth-order valence-electron chi connectivity index (χ4n) is 4.03. The molecule has 0 unspecified atom stereocenters. The van der Waals surface area contributed by atoms with E-state index in [0.29, 0.717) is 12.1 Å². The monoisotopic (exact) mass is 332 g/mol. The van der Waals surface area contributed by atoms with Crippen molar-refractivity contribution in [3.63, 3.8) is 0 Å². The minimum absolute atomic E-state index is 0.186. The third-order valence-electron chi connectivity index (χ3n) is 5.41. The van der Waals surface area contributed by atoms with Gasteiger partial charge in [-0.15, -0.1) is 0 Å². The normalized spacial score (nSPS) is 32.0. The molecule has 24 heavy (non-hydrogen) atoms. The topological polar surface area (TPSA) is 44.7 Å². The molecule has 0 amide bonds. The van der Waals surface area contributed by atoms with Gasteiger partial charge in [0.15, 0.2) is 0 Å². The highest BCUT2D eigenvalue weighted by Crippen LogP contribution is 2.33. The zero-order valence-electron chi connectivity index (χ0n) is 15.3. The number of hydrogen-bond acceptors (Lipinski definition) is 4. The molecule has 1 aromatic rings. The van der Waals surface area contributed by atoms with E-state index in [-0.39, 0.29) is 6.10 Å². The van der Waals surface area contributed by atoms with Crippen LogP contribution in [0.2, 0.25) is 0 Å². The first-order valence-electron chi connectivity index (χ1n) is 9.40. The summed E-state index contributed by atoms with van der Waals surface area (Å²) in [5, 5.41) is 13.9. The highest BCUT2D eigenvalue weighted by atomic mass is 16.5. The van der Waals surface area contributed by atoms with Crippen molar-refractivity contribution in [3.8, 4) is 5.75 Å². The fourth-order valence-corrected chi connectivity index (χ4v) is 4.03. The average molecular weight is 332 g/mol. The van der Waals surface area contributed by atoms with Gasteiger partial charge in [-0.3, -0.25) is 4.90 Å². The van der Waals surface area contributed by atoms with Crippen LogP contribution < -0.4 is 10.1 Å². The molecule has 0 spiro atoms. The molecule has 1 atom stereocenters. The molecule has 134 valence electrons. The lowest BCUT2D eigenvalue weighted by Gasteiger charge is -2.43.